The third-order valence-electron chi connectivity index (χ3n) is 9.85. The van der Waals surface area contributed by atoms with E-state index in [0.717, 1.165) is 5.56 Å². The van der Waals surface area contributed by atoms with Gasteiger partial charge in [0, 0.05) is 23.7 Å². The second kappa shape index (κ2) is 13.6. The maximum absolute atomic E-state index is 15.1. The van der Waals surface area contributed by atoms with Crippen molar-refractivity contribution in [2.45, 2.75) is 42.7 Å². The van der Waals surface area contributed by atoms with E-state index in [1.165, 1.54) is 9.80 Å². The molecular formula is C38H36ClN3O7. The molecule has 3 aromatic carbocycles. The summed E-state index contributed by atoms with van der Waals surface area (Å²) in [5, 5.41) is 14.3. The lowest BCUT2D eigenvalue weighted by Crippen LogP contribution is -2.57. The Morgan fingerprint density at radius 1 is 0.918 bits per heavy atom. The van der Waals surface area contributed by atoms with Gasteiger partial charge in [-0.3, -0.25) is 19.2 Å². The van der Waals surface area contributed by atoms with Crippen LogP contribution in [0.15, 0.2) is 109 Å². The molecule has 2 saturated heterocycles. The van der Waals surface area contributed by atoms with Crippen LogP contribution in [0.4, 0.5) is 5.69 Å². The molecule has 2 fully saturated rings. The maximum Gasteiger partial charge on any atom is 0.306 e. The third kappa shape index (κ3) is 5.94. The molecule has 4 heterocycles. The zero-order valence-electron chi connectivity index (χ0n) is 26.6. The molecule has 0 radical (unpaired) electrons. The van der Waals surface area contributed by atoms with Gasteiger partial charge in [0.2, 0.25) is 11.8 Å². The fourth-order valence-corrected chi connectivity index (χ4v) is 7.69. The molecule has 2 N–H and O–H groups in total. The van der Waals surface area contributed by atoms with E-state index in [1.54, 1.807) is 72.8 Å². The Balaban J connectivity index is 1.35. The largest absolute Gasteiger partial charge is 0.463 e. The van der Waals surface area contributed by atoms with Gasteiger partial charge in [-0.1, -0.05) is 96.6 Å². The van der Waals surface area contributed by atoms with E-state index < -0.39 is 72.0 Å². The number of benzene rings is 3. The van der Waals surface area contributed by atoms with Crippen LogP contribution < -0.4 is 10.2 Å². The lowest BCUT2D eigenvalue weighted by molar-refractivity contribution is -0.146. The number of nitrogens with one attached hydrogen (secondary N) is 1. The van der Waals surface area contributed by atoms with E-state index >= 15 is 4.79 Å². The Morgan fingerprint density at radius 2 is 1.63 bits per heavy atom. The first kappa shape index (κ1) is 32.8. The number of carbonyl (C=O) groups excluding carboxylic acids is 4. The second-order valence-corrected chi connectivity index (χ2v) is 13.1. The summed E-state index contributed by atoms with van der Waals surface area (Å²) < 4.78 is 12.2. The number of rotatable bonds is 5. The van der Waals surface area contributed by atoms with Gasteiger partial charge in [-0.05, 0) is 41.8 Å². The van der Waals surface area contributed by atoms with Gasteiger partial charge in [0.1, 0.15) is 18.2 Å². The molecule has 5 bridgehead atoms. The number of ether oxygens (including phenoxy) is 2. The molecule has 3 amide bonds. The van der Waals surface area contributed by atoms with Crippen LogP contribution in [0, 0.1) is 11.8 Å². The average molecular weight is 682 g/mol. The summed E-state index contributed by atoms with van der Waals surface area (Å²) in [5.74, 6) is -3.87. The van der Waals surface area contributed by atoms with Gasteiger partial charge in [-0.15, -0.1) is 0 Å². The van der Waals surface area contributed by atoms with Crippen molar-refractivity contribution in [1.29, 1.82) is 0 Å². The van der Waals surface area contributed by atoms with Crippen molar-refractivity contribution in [2.75, 3.05) is 24.7 Å². The summed E-state index contributed by atoms with van der Waals surface area (Å²) >= 11 is 6.21. The summed E-state index contributed by atoms with van der Waals surface area (Å²) in [6, 6.07) is 22.2. The highest BCUT2D eigenvalue weighted by Gasteiger charge is 2.74. The highest BCUT2D eigenvalue weighted by atomic mass is 35.5. The number of halogens is 1. The fourth-order valence-electron chi connectivity index (χ4n) is 7.57. The van der Waals surface area contributed by atoms with Gasteiger partial charge in [0.15, 0.2) is 0 Å². The number of hydrogen-bond donors (Lipinski definition) is 2. The summed E-state index contributed by atoms with van der Waals surface area (Å²) in [6.45, 7) is -0.458. The van der Waals surface area contributed by atoms with E-state index in [-0.39, 0.29) is 19.6 Å². The summed E-state index contributed by atoms with van der Waals surface area (Å²) in [7, 11) is 0. The van der Waals surface area contributed by atoms with Gasteiger partial charge in [-0.25, -0.2) is 0 Å². The molecule has 1 spiro atoms. The van der Waals surface area contributed by atoms with Crippen LogP contribution in [0.25, 0.3) is 0 Å². The van der Waals surface area contributed by atoms with E-state index in [4.69, 9.17) is 21.1 Å². The molecule has 10 nitrogen and oxygen atoms in total. The van der Waals surface area contributed by atoms with Gasteiger partial charge in [0.25, 0.3) is 5.91 Å². The predicted octanol–water partition coefficient (Wildman–Crippen LogP) is 4.31. The van der Waals surface area contributed by atoms with Crippen LogP contribution >= 0.6 is 11.6 Å². The Bertz CT molecular complexity index is 1780. The quantitative estimate of drug-likeness (QED) is 0.304. The molecule has 0 saturated carbocycles. The molecule has 3 aromatic rings. The summed E-state index contributed by atoms with van der Waals surface area (Å²) in [5.41, 5.74) is 0.407. The SMILES string of the molecule is O=C1CC/C=C\CN(c2ccc(Cl)cc2)C(=O)[C@@H]2N([C@H](CO)c3ccccc3)C(=O)[C@H]3[C@H](C(=O)N[C@H](c4ccccc4)CO1)[C@@H]1C=C[C@]23O1. The minimum Gasteiger partial charge on any atom is -0.463 e. The van der Waals surface area contributed by atoms with Gasteiger partial charge < -0.3 is 29.7 Å². The number of amides is 3. The van der Waals surface area contributed by atoms with E-state index in [2.05, 4.69) is 5.32 Å². The number of fused-ring (bicyclic) bond motifs is 2. The molecule has 0 aromatic heterocycles. The first-order chi connectivity index (χ1) is 23.8. The Kier molecular flexibility index (Phi) is 9.11. The van der Waals surface area contributed by atoms with Crippen molar-refractivity contribution in [2.24, 2.45) is 11.8 Å². The highest BCUT2D eigenvalue weighted by molar-refractivity contribution is 6.30. The van der Waals surface area contributed by atoms with Crippen molar-refractivity contribution in [3.05, 3.63) is 125 Å². The molecule has 7 atom stereocenters. The zero-order chi connectivity index (χ0) is 34.1. The Hall–Kier alpha value is -4.77. The van der Waals surface area contributed by atoms with Crippen molar-refractivity contribution in [3.63, 3.8) is 0 Å². The van der Waals surface area contributed by atoms with Crippen molar-refractivity contribution in [3.8, 4) is 0 Å². The number of esters is 1. The molecule has 4 aliphatic rings. The van der Waals surface area contributed by atoms with Crippen LogP contribution in [-0.2, 0) is 28.7 Å². The fraction of sp³-hybridized carbons (Fsp3) is 0.316. The molecular weight excluding hydrogens is 646 g/mol. The minimum absolute atomic E-state index is 0.103. The number of cyclic esters (lactones) is 1. The minimum atomic E-state index is -1.49. The van der Waals surface area contributed by atoms with Crippen LogP contribution in [0.2, 0.25) is 5.02 Å². The van der Waals surface area contributed by atoms with Crippen molar-refractivity contribution >= 4 is 41.0 Å². The Labute approximate surface area is 288 Å². The highest BCUT2D eigenvalue weighted by Crippen LogP contribution is 2.57. The van der Waals surface area contributed by atoms with E-state index in [1.807, 2.05) is 36.4 Å². The molecule has 49 heavy (non-hydrogen) atoms. The summed E-state index contributed by atoms with van der Waals surface area (Å²) in [6.07, 6.45) is 6.77. The number of likely N-dealkylation sites (tertiary alicyclic amines) is 1. The topological polar surface area (TPSA) is 125 Å². The molecule has 4 aliphatic heterocycles. The lowest BCUT2D eigenvalue weighted by atomic mass is 9.74. The molecule has 0 unspecified atom stereocenters. The second-order valence-electron chi connectivity index (χ2n) is 12.6. The van der Waals surface area contributed by atoms with Crippen LogP contribution in [0.5, 0.6) is 0 Å². The number of aliphatic hydroxyl groups is 1. The van der Waals surface area contributed by atoms with Crippen LogP contribution in [0.3, 0.4) is 0 Å². The van der Waals surface area contributed by atoms with Crippen LogP contribution in [-0.4, -0.2) is 71.2 Å². The third-order valence-corrected chi connectivity index (χ3v) is 10.1. The number of allylic oxidation sites excluding steroid dienone is 1. The summed E-state index contributed by atoms with van der Waals surface area (Å²) in [4.78, 5) is 59.9. The molecule has 252 valence electrons. The van der Waals surface area contributed by atoms with E-state index in [9.17, 15) is 19.5 Å². The number of carbonyl (C=O) groups is 4. The standard InChI is InChI=1S/C38H36ClN3O7/c39-26-15-17-27(18-16-26)41-21-9-3-8-14-31(44)48-23-28(24-10-4-1-5-11-24)40-35(45)32-30-19-20-38(49-30)33(32)36(46)42(34(38)37(41)47)29(22-43)25-12-6-2-7-13-25/h1-7,9-13,15-20,28-30,32-34,43H,8,14,21-23H2,(H,40,45)/b9-3-/t28-,29+,30-,32+,33+,34-,38+/m0/s1. The first-order valence-electron chi connectivity index (χ1n) is 16.4. The monoisotopic (exact) mass is 681 g/mol. The van der Waals surface area contributed by atoms with Crippen molar-refractivity contribution < 1.29 is 33.8 Å². The number of nitrogens with zero attached hydrogens (tertiary/aromatic N) is 2. The number of hydrogen-bond acceptors (Lipinski definition) is 7. The van der Waals surface area contributed by atoms with Crippen molar-refractivity contribution in [1.82, 2.24) is 10.2 Å². The number of anilines is 1. The maximum atomic E-state index is 15.1. The van der Waals surface area contributed by atoms with Gasteiger partial charge in [0.05, 0.1) is 36.6 Å². The normalized spacial score (nSPS) is 29.8. The smallest absolute Gasteiger partial charge is 0.306 e. The lowest BCUT2D eigenvalue weighted by Gasteiger charge is -2.39. The average Bonchev–Trinajstić information content (AvgIpc) is 3.77. The Morgan fingerprint density at radius 3 is 2.35 bits per heavy atom. The predicted molar refractivity (Wildman–Crippen MR) is 181 cm³/mol. The molecule has 7 rings (SSSR count). The molecule has 11 heteroatoms. The van der Waals surface area contributed by atoms with E-state index in [0.29, 0.717) is 22.7 Å². The number of aliphatic hydroxyl groups excluding tert-OH is 1. The zero-order valence-corrected chi connectivity index (χ0v) is 27.3. The van der Waals surface area contributed by atoms with Gasteiger partial charge in [-0.2, -0.15) is 0 Å². The first-order valence-corrected chi connectivity index (χ1v) is 16.8. The van der Waals surface area contributed by atoms with Crippen LogP contribution in [0.1, 0.15) is 36.1 Å². The molecule has 0 aliphatic carbocycles. The van der Waals surface area contributed by atoms with Gasteiger partial charge >= 0.3 is 5.97 Å².